The van der Waals surface area contributed by atoms with E-state index < -0.39 is 11.4 Å². The second kappa shape index (κ2) is 5.73. The molecular weight excluding hydrogens is 330 g/mol. The minimum Gasteiger partial charge on any atom is -0.481 e. The third-order valence-corrected chi connectivity index (χ3v) is 5.93. The second-order valence-corrected chi connectivity index (χ2v) is 7.37. The van der Waals surface area contributed by atoms with Crippen molar-refractivity contribution in [3.63, 3.8) is 0 Å². The monoisotopic (exact) mass is 351 g/mol. The molecule has 2 aliphatic rings. The van der Waals surface area contributed by atoms with Crippen LogP contribution in [0.4, 0.5) is 0 Å². The van der Waals surface area contributed by atoms with E-state index in [2.05, 4.69) is 52.0 Å². The maximum absolute atomic E-state index is 11.8. The molecule has 3 rings (SSSR count). The molecule has 1 aliphatic carbocycles. The van der Waals surface area contributed by atoms with Crippen molar-refractivity contribution >= 4 is 21.9 Å². The van der Waals surface area contributed by atoms with Crippen LogP contribution in [-0.2, 0) is 4.79 Å². The van der Waals surface area contributed by atoms with E-state index in [9.17, 15) is 9.90 Å². The average molecular weight is 352 g/mol. The van der Waals surface area contributed by atoms with Gasteiger partial charge < -0.3 is 5.11 Å². The Labute approximate surface area is 134 Å². The van der Waals surface area contributed by atoms with Gasteiger partial charge in [-0.3, -0.25) is 9.69 Å². The summed E-state index contributed by atoms with van der Waals surface area (Å²) in [7, 11) is 0. The van der Waals surface area contributed by atoms with Gasteiger partial charge in [-0.2, -0.15) is 0 Å². The van der Waals surface area contributed by atoms with E-state index in [0.29, 0.717) is 18.5 Å². The molecule has 4 heteroatoms. The molecule has 3 nitrogen and oxygen atoms in total. The first-order valence-corrected chi connectivity index (χ1v) is 8.59. The Morgan fingerprint density at radius 3 is 2.76 bits per heavy atom. The number of halogens is 1. The molecule has 21 heavy (non-hydrogen) atoms. The Morgan fingerprint density at radius 2 is 2.19 bits per heavy atom. The van der Waals surface area contributed by atoms with E-state index in [1.807, 2.05) is 0 Å². The molecular formula is C17H22BrNO2. The van der Waals surface area contributed by atoms with Gasteiger partial charge in [0.1, 0.15) is 0 Å². The van der Waals surface area contributed by atoms with Gasteiger partial charge >= 0.3 is 5.97 Å². The van der Waals surface area contributed by atoms with Crippen molar-refractivity contribution in [3.05, 3.63) is 34.3 Å². The highest BCUT2D eigenvalue weighted by Crippen LogP contribution is 2.51. The molecule has 0 amide bonds. The fourth-order valence-corrected chi connectivity index (χ4v) is 4.57. The number of likely N-dealkylation sites (tertiary alicyclic amines) is 1. The summed E-state index contributed by atoms with van der Waals surface area (Å²) in [6.07, 6.45) is 4.00. The smallest absolute Gasteiger partial charge is 0.311 e. The first-order chi connectivity index (χ1) is 10.1. The number of hydrogen-bond acceptors (Lipinski definition) is 2. The van der Waals surface area contributed by atoms with Crippen LogP contribution in [0.15, 0.2) is 28.7 Å². The van der Waals surface area contributed by atoms with Gasteiger partial charge in [-0.05, 0) is 42.9 Å². The topological polar surface area (TPSA) is 40.5 Å². The van der Waals surface area contributed by atoms with Crippen LogP contribution in [0.2, 0.25) is 0 Å². The van der Waals surface area contributed by atoms with Crippen molar-refractivity contribution in [2.75, 3.05) is 13.1 Å². The quantitative estimate of drug-likeness (QED) is 0.887. The van der Waals surface area contributed by atoms with Gasteiger partial charge in [0.15, 0.2) is 0 Å². The van der Waals surface area contributed by atoms with Crippen LogP contribution in [0.1, 0.15) is 44.2 Å². The largest absolute Gasteiger partial charge is 0.481 e. The molecule has 1 saturated carbocycles. The number of carboxylic acid groups (broad SMARTS) is 1. The minimum absolute atomic E-state index is 0.333. The van der Waals surface area contributed by atoms with E-state index in [4.69, 9.17) is 0 Å². The molecule has 0 radical (unpaired) electrons. The molecule has 0 aromatic heterocycles. The normalized spacial score (nSPS) is 30.3. The van der Waals surface area contributed by atoms with Gasteiger partial charge in [0, 0.05) is 23.6 Å². The summed E-state index contributed by atoms with van der Waals surface area (Å²) in [5, 5.41) is 9.72. The number of aliphatic carboxylic acids is 1. The first kappa shape index (κ1) is 15.0. The van der Waals surface area contributed by atoms with Gasteiger partial charge in [-0.15, -0.1) is 0 Å². The zero-order valence-electron chi connectivity index (χ0n) is 12.4. The molecule has 3 atom stereocenters. The lowest BCUT2D eigenvalue weighted by molar-refractivity contribution is -0.149. The number of carbonyl (C=O) groups is 1. The summed E-state index contributed by atoms with van der Waals surface area (Å²) in [4.78, 5) is 14.2. The molecule has 114 valence electrons. The lowest BCUT2D eigenvalue weighted by Gasteiger charge is -2.29. The van der Waals surface area contributed by atoms with Crippen molar-refractivity contribution < 1.29 is 9.90 Å². The van der Waals surface area contributed by atoms with Crippen LogP contribution in [0.5, 0.6) is 0 Å². The summed E-state index contributed by atoms with van der Waals surface area (Å²) in [5.74, 6) is -0.252. The maximum atomic E-state index is 11.8. The minimum atomic E-state index is -0.585. The molecule has 2 fully saturated rings. The Morgan fingerprint density at radius 1 is 1.48 bits per heavy atom. The standard InChI is InChI=1S/C17H22BrNO2/c1-2-15(12-5-7-14(18)8-6-12)19-10-13-4-3-9-17(13,11-19)16(20)21/h5-8,13,15H,2-4,9-11H2,1H3,(H,20,21)/t13-,15?,17+/m0/s1. The Kier molecular flexibility index (Phi) is 4.10. The van der Waals surface area contributed by atoms with Gasteiger partial charge in [0.2, 0.25) is 0 Å². The third kappa shape index (κ3) is 2.53. The van der Waals surface area contributed by atoms with Crippen molar-refractivity contribution in [1.29, 1.82) is 0 Å². The summed E-state index contributed by atoms with van der Waals surface area (Å²) in [6, 6.07) is 8.78. The Hall–Kier alpha value is -0.870. The predicted molar refractivity (Wildman–Crippen MR) is 86.2 cm³/mol. The highest BCUT2D eigenvalue weighted by Gasteiger charge is 2.55. The summed E-state index contributed by atoms with van der Waals surface area (Å²) in [5.41, 5.74) is 0.809. The number of hydrogen-bond donors (Lipinski definition) is 1. The van der Waals surface area contributed by atoms with Crippen LogP contribution in [0, 0.1) is 11.3 Å². The Balaban J connectivity index is 1.83. The highest BCUT2D eigenvalue weighted by atomic mass is 79.9. The van der Waals surface area contributed by atoms with E-state index in [1.54, 1.807) is 0 Å². The molecule has 0 bridgehead atoms. The number of carboxylic acids is 1. The van der Waals surface area contributed by atoms with Crippen molar-refractivity contribution in [2.45, 2.75) is 38.6 Å². The van der Waals surface area contributed by atoms with E-state index in [-0.39, 0.29) is 0 Å². The van der Waals surface area contributed by atoms with E-state index in [1.165, 1.54) is 5.56 Å². The molecule has 1 heterocycles. The van der Waals surface area contributed by atoms with Gasteiger partial charge in [0.25, 0.3) is 0 Å². The molecule has 1 N–H and O–H groups in total. The van der Waals surface area contributed by atoms with Gasteiger partial charge in [-0.1, -0.05) is 41.4 Å². The maximum Gasteiger partial charge on any atom is 0.311 e. The molecule has 1 saturated heterocycles. The SMILES string of the molecule is CCC(c1ccc(Br)cc1)N1C[C@@H]2CCC[C@@]2(C(=O)O)C1. The summed E-state index contributed by atoms with van der Waals surface area (Å²) >= 11 is 3.48. The number of rotatable bonds is 4. The van der Waals surface area contributed by atoms with Crippen LogP contribution in [-0.4, -0.2) is 29.1 Å². The summed E-state index contributed by atoms with van der Waals surface area (Å²) in [6.45, 7) is 3.83. The zero-order chi connectivity index (χ0) is 15.0. The fraction of sp³-hybridized carbons (Fsp3) is 0.588. The fourth-order valence-electron chi connectivity index (χ4n) is 4.30. The second-order valence-electron chi connectivity index (χ2n) is 6.46. The van der Waals surface area contributed by atoms with Gasteiger partial charge in [-0.25, -0.2) is 0 Å². The molecule has 1 aromatic rings. The van der Waals surface area contributed by atoms with Crippen LogP contribution in [0.3, 0.4) is 0 Å². The molecule has 0 spiro atoms. The van der Waals surface area contributed by atoms with Crippen LogP contribution in [0.25, 0.3) is 0 Å². The van der Waals surface area contributed by atoms with Crippen molar-refractivity contribution in [2.24, 2.45) is 11.3 Å². The number of fused-ring (bicyclic) bond motifs is 1. The van der Waals surface area contributed by atoms with E-state index >= 15 is 0 Å². The molecule has 1 unspecified atom stereocenters. The average Bonchev–Trinajstić information content (AvgIpc) is 2.99. The van der Waals surface area contributed by atoms with Crippen molar-refractivity contribution in [1.82, 2.24) is 4.90 Å². The predicted octanol–water partition coefficient (Wildman–Crippen LogP) is 4.09. The van der Waals surface area contributed by atoms with Crippen LogP contribution >= 0.6 is 15.9 Å². The van der Waals surface area contributed by atoms with Gasteiger partial charge in [0.05, 0.1) is 5.41 Å². The first-order valence-electron chi connectivity index (χ1n) is 7.80. The zero-order valence-corrected chi connectivity index (χ0v) is 14.0. The number of benzene rings is 1. The lowest BCUT2D eigenvalue weighted by Crippen LogP contribution is -2.36. The highest BCUT2D eigenvalue weighted by molar-refractivity contribution is 9.10. The number of nitrogens with zero attached hydrogens (tertiary/aromatic N) is 1. The van der Waals surface area contributed by atoms with Crippen LogP contribution < -0.4 is 0 Å². The Bertz CT molecular complexity index is 530. The molecule has 1 aromatic carbocycles. The lowest BCUT2D eigenvalue weighted by atomic mass is 9.81. The third-order valence-electron chi connectivity index (χ3n) is 5.41. The van der Waals surface area contributed by atoms with Crippen molar-refractivity contribution in [3.8, 4) is 0 Å². The van der Waals surface area contributed by atoms with E-state index in [0.717, 1.165) is 36.7 Å². The summed E-state index contributed by atoms with van der Waals surface area (Å²) < 4.78 is 1.08. The molecule has 1 aliphatic heterocycles.